The Labute approximate surface area is 261 Å². The summed E-state index contributed by atoms with van der Waals surface area (Å²) < 4.78 is 1.40. The number of benzene rings is 6. The molecule has 0 amide bonds. The number of hydrogen-bond acceptors (Lipinski definition) is 1. The SMILES string of the molecule is C1=Cc2sc3ccc4c(c3c2CC1)-c1ccccc1C41c2cc(-c3ccccc3)ccc2-c2ccc(-c3ccccc3)cc21. The van der Waals surface area contributed by atoms with Crippen molar-refractivity contribution < 1.29 is 0 Å². The van der Waals surface area contributed by atoms with Crippen molar-refractivity contribution in [3.05, 3.63) is 172 Å². The fourth-order valence-corrected chi connectivity index (χ4v) is 9.55. The molecule has 0 saturated heterocycles. The van der Waals surface area contributed by atoms with Crippen LogP contribution in [0, 0.1) is 0 Å². The summed E-state index contributed by atoms with van der Waals surface area (Å²) in [6, 6.07) is 50.2. The minimum Gasteiger partial charge on any atom is -0.136 e. The summed E-state index contributed by atoms with van der Waals surface area (Å²) in [7, 11) is 0. The van der Waals surface area contributed by atoms with Gasteiger partial charge in [-0.2, -0.15) is 0 Å². The van der Waals surface area contributed by atoms with Crippen LogP contribution in [-0.2, 0) is 11.8 Å². The van der Waals surface area contributed by atoms with Crippen molar-refractivity contribution in [2.45, 2.75) is 18.3 Å². The van der Waals surface area contributed by atoms with Gasteiger partial charge in [-0.25, -0.2) is 0 Å². The first kappa shape index (κ1) is 24.5. The summed E-state index contributed by atoms with van der Waals surface area (Å²) in [5, 5.41) is 1.48. The van der Waals surface area contributed by atoms with Crippen LogP contribution >= 0.6 is 11.3 Å². The Hall–Kier alpha value is -4.98. The van der Waals surface area contributed by atoms with Gasteiger partial charge in [0, 0.05) is 15.0 Å². The standard InChI is InChI=1S/C43H28S/c1-3-11-27(12-4-1)29-19-21-31-32-22-20-30(28-13-5-2-6-14-28)26-38(32)43(37(31)25-29)35-17-9-7-15-33(35)41-36(43)23-24-40-42(41)34-16-8-10-18-39(34)44-40/h1-7,9-15,17-26H,8,16H2. The summed E-state index contributed by atoms with van der Waals surface area (Å²) in [5.74, 6) is 0. The Morgan fingerprint density at radius 2 is 1.14 bits per heavy atom. The molecule has 0 N–H and O–H groups in total. The van der Waals surface area contributed by atoms with Gasteiger partial charge in [0.15, 0.2) is 0 Å². The van der Waals surface area contributed by atoms with Gasteiger partial charge in [0.25, 0.3) is 0 Å². The monoisotopic (exact) mass is 576 g/mol. The highest BCUT2D eigenvalue weighted by Gasteiger charge is 2.52. The predicted molar refractivity (Wildman–Crippen MR) is 186 cm³/mol. The van der Waals surface area contributed by atoms with Gasteiger partial charge in [0.2, 0.25) is 0 Å². The highest BCUT2D eigenvalue weighted by molar-refractivity contribution is 7.20. The van der Waals surface area contributed by atoms with Crippen molar-refractivity contribution in [2.24, 2.45) is 0 Å². The molecule has 3 aliphatic rings. The smallest absolute Gasteiger partial charge is 0.0726 e. The summed E-state index contributed by atoms with van der Waals surface area (Å²) in [6.45, 7) is 0. The Morgan fingerprint density at radius 1 is 0.500 bits per heavy atom. The van der Waals surface area contributed by atoms with E-state index in [0.29, 0.717) is 0 Å². The Balaban J connectivity index is 1.36. The molecule has 0 unspecified atom stereocenters. The lowest BCUT2D eigenvalue weighted by atomic mass is 9.69. The van der Waals surface area contributed by atoms with E-state index >= 15 is 0 Å². The molecule has 0 bridgehead atoms. The molecule has 0 radical (unpaired) electrons. The van der Waals surface area contributed by atoms with Crippen LogP contribution in [0.3, 0.4) is 0 Å². The van der Waals surface area contributed by atoms with E-state index in [1.165, 1.54) is 87.3 Å². The lowest BCUT2D eigenvalue weighted by Gasteiger charge is -2.31. The molecule has 206 valence electrons. The average molecular weight is 577 g/mol. The topological polar surface area (TPSA) is 0 Å². The Kier molecular flexibility index (Phi) is 5.01. The van der Waals surface area contributed by atoms with Gasteiger partial charge in [-0.15, -0.1) is 11.3 Å². The minimum absolute atomic E-state index is 0.389. The molecule has 44 heavy (non-hydrogen) atoms. The molecule has 3 aliphatic carbocycles. The van der Waals surface area contributed by atoms with Crippen molar-refractivity contribution in [3.63, 3.8) is 0 Å². The zero-order valence-electron chi connectivity index (χ0n) is 24.2. The quantitative estimate of drug-likeness (QED) is 0.192. The Morgan fingerprint density at radius 3 is 1.82 bits per heavy atom. The number of thiophene rings is 1. The zero-order valence-corrected chi connectivity index (χ0v) is 25.0. The van der Waals surface area contributed by atoms with E-state index in [9.17, 15) is 0 Å². The summed E-state index contributed by atoms with van der Waals surface area (Å²) >= 11 is 1.96. The zero-order chi connectivity index (χ0) is 28.8. The van der Waals surface area contributed by atoms with E-state index in [0.717, 1.165) is 12.8 Å². The lowest BCUT2D eigenvalue weighted by Crippen LogP contribution is -2.26. The molecule has 1 heteroatoms. The van der Waals surface area contributed by atoms with E-state index in [2.05, 4.69) is 146 Å². The number of allylic oxidation sites excluding steroid dienone is 1. The van der Waals surface area contributed by atoms with Gasteiger partial charge in [-0.3, -0.25) is 0 Å². The maximum Gasteiger partial charge on any atom is 0.0726 e. The van der Waals surface area contributed by atoms with Crippen LogP contribution in [0.1, 0.15) is 39.1 Å². The molecule has 7 aromatic rings. The molecule has 0 fully saturated rings. The van der Waals surface area contributed by atoms with Crippen LogP contribution in [0.4, 0.5) is 0 Å². The lowest BCUT2D eigenvalue weighted by molar-refractivity contribution is 0.795. The molecule has 0 saturated carbocycles. The van der Waals surface area contributed by atoms with Crippen molar-refractivity contribution in [1.82, 2.24) is 0 Å². The third-order valence-electron chi connectivity index (χ3n) is 10.2. The molecule has 0 atom stereocenters. The molecule has 6 aromatic carbocycles. The maximum absolute atomic E-state index is 2.49. The highest BCUT2D eigenvalue weighted by Crippen LogP contribution is 2.65. The highest BCUT2D eigenvalue weighted by atomic mass is 32.1. The predicted octanol–water partition coefficient (Wildman–Crippen LogP) is 11.5. The molecule has 1 aromatic heterocycles. The van der Waals surface area contributed by atoms with Crippen molar-refractivity contribution >= 4 is 27.5 Å². The van der Waals surface area contributed by atoms with Crippen LogP contribution in [-0.4, -0.2) is 0 Å². The van der Waals surface area contributed by atoms with Crippen LogP contribution < -0.4 is 0 Å². The normalized spacial score (nSPS) is 14.7. The van der Waals surface area contributed by atoms with Crippen molar-refractivity contribution in [1.29, 1.82) is 0 Å². The number of aryl methyl sites for hydroxylation is 1. The van der Waals surface area contributed by atoms with Crippen LogP contribution in [0.25, 0.3) is 60.7 Å². The molecular formula is C43H28S. The molecular weight excluding hydrogens is 549 g/mol. The fourth-order valence-electron chi connectivity index (χ4n) is 8.36. The summed E-state index contributed by atoms with van der Waals surface area (Å²) in [5.41, 5.74) is 17.3. The van der Waals surface area contributed by atoms with Gasteiger partial charge < -0.3 is 0 Å². The largest absolute Gasteiger partial charge is 0.136 e. The average Bonchev–Trinajstić information content (AvgIpc) is 3.72. The Bertz CT molecular complexity index is 2230. The number of rotatable bonds is 2. The van der Waals surface area contributed by atoms with Crippen molar-refractivity contribution in [2.75, 3.05) is 0 Å². The third-order valence-corrected chi connectivity index (χ3v) is 11.3. The van der Waals surface area contributed by atoms with Gasteiger partial charge in [-0.1, -0.05) is 121 Å². The van der Waals surface area contributed by atoms with E-state index in [1.807, 2.05) is 11.3 Å². The molecule has 1 heterocycles. The van der Waals surface area contributed by atoms with E-state index in [-0.39, 0.29) is 5.41 Å². The first-order chi connectivity index (χ1) is 21.8. The van der Waals surface area contributed by atoms with E-state index in [1.54, 1.807) is 0 Å². The molecule has 0 aliphatic heterocycles. The van der Waals surface area contributed by atoms with Crippen LogP contribution in [0.2, 0.25) is 0 Å². The van der Waals surface area contributed by atoms with Gasteiger partial charge >= 0.3 is 0 Å². The van der Waals surface area contributed by atoms with E-state index < -0.39 is 0 Å². The first-order valence-electron chi connectivity index (χ1n) is 15.6. The second-order valence-electron chi connectivity index (χ2n) is 12.3. The molecule has 10 rings (SSSR count). The molecule has 0 nitrogen and oxygen atoms in total. The third kappa shape index (κ3) is 3.12. The molecule has 1 spiro atoms. The number of hydrogen-bond donors (Lipinski definition) is 0. The van der Waals surface area contributed by atoms with Crippen molar-refractivity contribution in [3.8, 4) is 44.5 Å². The summed E-state index contributed by atoms with van der Waals surface area (Å²) in [4.78, 5) is 1.43. The maximum atomic E-state index is 2.49. The van der Waals surface area contributed by atoms with Gasteiger partial charge in [-0.05, 0) is 109 Å². The second-order valence-corrected chi connectivity index (χ2v) is 13.4. The van der Waals surface area contributed by atoms with Crippen LogP contribution in [0.5, 0.6) is 0 Å². The first-order valence-corrected chi connectivity index (χ1v) is 16.4. The van der Waals surface area contributed by atoms with E-state index in [4.69, 9.17) is 0 Å². The van der Waals surface area contributed by atoms with Crippen LogP contribution in [0.15, 0.2) is 140 Å². The van der Waals surface area contributed by atoms with Gasteiger partial charge in [0.05, 0.1) is 5.41 Å². The fraction of sp³-hybridized carbons (Fsp3) is 0.0698. The summed E-state index contributed by atoms with van der Waals surface area (Å²) in [6.07, 6.45) is 6.92. The second kappa shape index (κ2) is 9.02. The minimum atomic E-state index is -0.389. The van der Waals surface area contributed by atoms with Gasteiger partial charge in [0.1, 0.15) is 0 Å². The number of fused-ring (bicyclic) bond motifs is 14.